The summed E-state index contributed by atoms with van der Waals surface area (Å²) in [6, 6.07) is 0.394. The fourth-order valence-corrected chi connectivity index (χ4v) is 2.93. The summed E-state index contributed by atoms with van der Waals surface area (Å²) >= 11 is 0. The molecule has 0 aliphatic carbocycles. The second kappa shape index (κ2) is 5.83. The molecule has 0 saturated carbocycles. The van der Waals surface area contributed by atoms with Crippen LogP contribution in [0.5, 0.6) is 0 Å². The molecule has 4 nitrogen and oxygen atoms in total. The van der Waals surface area contributed by atoms with Gasteiger partial charge in [-0.15, -0.1) is 0 Å². The molecule has 0 bridgehead atoms. The zero-order valence-corrected chi connectivity index (χ0v) is 10.8. The van der Waals surface area contributed by atoms with E-state index in [0.717, 1.165) is 38.8 Å². The number of rotatable bonds is 2. The van der Waals surface area contributed by atoms with Crippen molar-refractivity contribution < 1.29 is 9.90 Å². The van der Waals surface area contributed by atoms with E-state index in [1.54, 1.807) is 0 Å². The van der Waals surface area contributed by atoms with Crippen molar-refractivity contribution in [3.8, 4) is 0 Å². The van der Waals surface area contributed by atoms with Crippen molar-refractivity contribution in [2.24, 2.45) is 0 Å². The third-order valence-electron chi connectivity index (χ3n) is 3.96. The van der Waals surface area contributed by atoms with E-state index in [1.807, 2.05) is 4.90 Å². The Morgan fingerprint density at radius 1 is 1.24 bits per heavy atom. The Kier molecular flexibility index (Phi) is 4.40. The van der Waals surface area contributed by atoms with Crippen LogP contribution in [0.25, 0.3) is 0 Å². The van der Waals surface area contributed by atoms with Crippen LogP contribution >= 0.6 is 0 Å². The van der Waals surface area contributed by atoms with Crippen molar-refractivity contribution in [3.05, 3.63) is 0 Å². The lowest BCUT2D eigenvalue weighted by Crippen LogP contribution is -2.49. The van der Waals surface area contributed by atoms with Crippen molar-refractivity contribution in [1.29, 1.82) is 0 Å². The molecule has 0 unspecified atom stereocenters. The smallest absolute Gasteiger partial charge is 0.236 e. The van der Waals surface area contributed by atoms with Gasteiger partial charge in [0.15, 0.2) is 0 Å². The van der Waals surface area contributed by atoms with Crippen molar-refractivity contribution in [2.45, 2.75) is 51.2 Å². The number of β-amino-alcohol motifs (C(OH)–C–C–N with tert-alkyl or cyclic N) is 1. The molecule has 0 radical (unpaired) electrons. The third kappa shape index (κ3) is 3.42. The topological polar surface area (TPSA) is 43.8 Å². The molecule has 1 N–H and O–H groups in total. The fraction of sp³-hybridized carbons (Fsp3) is 0.923. The average molecular weight is 240 g/mol. The van der Waals surface area contributed by atoms with Gasteiger partial charge in [0.1, 0.15) is 0 Å². The predicted octanol–water partition coefficient (Wildman–Crippen LogP) is 0.844. The van der Waals surface area contributed by atoms with Gasteiger partial charge in [0.05, 0.1) is 12.6 Å². The van der Waals surface area contributed by atoms with Gasteiger partial charge in [-0.05, 0) is 45.6 Å². The summed E-state index contributed by atoms with van der Waals surface area (Å²) in [6.45, 7) is 5.15. The predicted molar refractivity (Wildman–Crippen MR) is 66.7 cm³/mol. The lowest BCUT2D eigenvalue weighted by Gasteiger charge is -2.36. The van der Waals surface area contributed by atoms with Crippen LogP contribution in [0.4, 0.5) is 0 Å². The van der Waals surface area contributed by atoms with Crippen LogP contribution in [-0.4, -0.2) is 59.1 Å². The minimum atomic E-state index is -0.240. The molecule has 2 atom stereocenters. The number of carbonyl (C=O) groups is 1. The highest BCUT2D eigenvalue weighted by atomic mass is 16.3. The highest BCUT2D eigenvalue weighted by Gasteiger charge is 2.26. The number of hydrogen-bond acceptors (Lipinski definition) is 3. The maximum Gasteiger partial charge on any atom is 0.236 e. The first-order valence-electron chi connectivity index (χ1n) is 6.86. The second-order valence-corrected chi connectivity index (χ2v) is 5.46. The monoisotopic (exact) mass is 240 g/mol. The van der Waals surface area contributed by atoms with Crippen LogP contribution in [0.1, 0.15) is 39.0 Å². The van der Waals surface area contributed by atoms with Gasteiger partial charge < -0.3 is 10.0 Å². The Hall–Kier alpha value is -0.610. The van der Waals surface area contributed by atoms with Crippen molar-refractivity contribution >= 4 is 5.91 Å². The molecule has 2 rings (SSSR count). The Balaban J connectivity index is 1.83. The Bertz CT molecular complexity index is 270. The van der Waals surface area contributed by atoms with E-state index in [1.165, 1.54) is 6.42 Å². The Morgan fingerprint density at radius 2 is 2.06 bits per heavy atom. The molecule has 2 saturated heterocycles. The van der Waals surface area contributed by atoms with Gasteiger partial charge in [-0.3, -0.25) is 9.69 Å². The van der Waals surface area contributed by atoms with Crippen LogP contribution in [0.3, 0.4) is 0 Å². The van der Waals surface area contributed by atoms with E-state index >= 15 is 0 Å². The summed E-state index contributed by atoms with van der Waals surface area (Å²) < 4.78 is 0. The van der Waals surface area contributed by atoms with E-state index in [-0.39, 0.29) is 12.0 Å². The number of hydrogen-bond donors (Lipinski definition) is 1. The Morgan fingerprint density at radius 3 is 2.76 bits per heavy atom. The lowest BCUT2D eigenvalue weighted by molar-refractivity contribution is -0.136. The van der Waals surface area contributed by atoms with Gasteiger partial charge in [0.2, 0.25) is 5.91 Å². The zero-order valence-electron chi connectivity index (χ0n) is 10.8. The SMILES string of the molecule is C[C@H]1CCCCN1C(=O)CN1CCC[C@@H](O)C1. The standard InChI is InChI=1S/C13H24N2O2/c1-11-5-2-3-8-15(11)13(17)10-14-7-4-6-12(16)9-14/h11-12,16H,2-10H2,1H3/t11-,12+/m0/s1. The number of carbonyl (C=O) groups excluding carboxylic acids is 1. The van der Waals surface area contributed by atoms with Gasteiger partial charge >= 0.3 is 0 Å². The van der Waals surface area contributed by atoms with Crippen molar-refractivity contribution in [1.82, 2.24) is 9.80 Å². The first kappa shape index (κ1) is 12.8. The summed E-state index contributed by atoms with van der Waals surface area (Å²) in [7, 11) is 0. The van der Waals surface area contributed by atoms with E-state index in [9.17, 15) is 9.90 Å². The zero-order chi connectivity index (χ0) is 12.3. The van der Waals surface area contributed by atoms with E-state index in [4.69, 9.17) is 0 Å². The Labute approximate surface area is 104 Å². The maximum atomic E-state index is 12.2. The first-order chi connectivity index (χ1) is 8.16. The number of aliphatic hydroxyl groups excluding tert-OH is 1. The van der Waals surface area contributed by atoms with Crippen LogP contribution in [0.15, 0.2) is 0 Å². The number of piperidine rings is 2. The second-order valence-electron chi connectivity index (χ2n) is 5.46. The third-order valence-corrected chi connectivity index (χ3v) is 3.96. The van der Waals surface area contributed by atoms with E-state index in [0.29, 0.717) is 19.1 Å². The van der Waals surface area contributed by atoms with Crippen LogP contribution in [0.2, 0.25) is 0 Å². The molecule has 98 valence electrons. The molecule has 0 spiro atoms. The number of aliphatic hydroxyl groups is 1. The van der Waals surface area contributed by atoms with E-state index < -0.39 is 0 Å². The van der Waals surface area contributed by atoms with Crippen LogP contribution < -0.4 is 0 Å². The average Bonchev–Trinajstić information content (AvgIpc) is 2.29. The van der Waals surface area contributed by atoms with Crippen LogP contribution in [0, 0.1) is 0 Å². The fourth-order valence-electron chi connectivity index (χ4n) is 2.93. The minimum Gasteiger partial charge on any atom is -0.392 e. The summed E-state index contributed by atoms with van der Waals surface area (Å²) in [5.74, 6) is 0.242. The molecular weight excluding hydrogens is 216 g/mol. The first-order valence-corrected chi connectivity index (χ1v) is 6.86. The van der Waals surface area contributed by atoms with Crippen molar-refractivity contribution in [2.75, 3.05) is 26.2 Å². The minimum absolute atomic E-state index is 0.240. The highest BCUT2D eigenvalue weighted by molar-refractivity contribution is 5.78. The summed E-state index contributed by atoms with van der Waals surface area (Å²) in [5.41, 5.74) is 0. The molecule has 2 heterocycles. The molecule has 0 aromatic heterocycles. The van der Waals surface area contributed by atoms with Gasteiger partial charge in [0.25, 0.3) is 0 Å². The molecule has 0 aromatic carbocycles. The van der Waals surface area contributed by atoms with Crippen molar-refractivity contribution in [3.63, 3.8) is 0 Å². The molecule has 2 aliphatic rings. The highest BCUT2D eigenvalue weighted by Crippen LogP contribution is 2.17. The number of nitrogens with zero attached hydrogens (tertiary/aromatic N) is 2. The summed E-state index contributed by atoms with van der Waals surface area (Å²) in [6.07, 6.45) is 5.16. The lowest BCUT2D eigenvalue weighted by atomic mass is 10.0. The van der Waals surface area contributed by atoms with Crippen LogP contribution in [-0.2, 0) is 4.79 Å². The van der Waals surface area contributed by atoms with Gasteiger partial charge in [-0.1, -0.05) is 0 Å². The quantitative estimate of drug-likeness (QED) is 0.778. The number of amides is 1. The maximum absolute atomic E-state index is 12.2. The van der Waals surface area contributed by atoms with Gasteiger partial charge in [-0.2, -0.15) is 0 Å². The molecule has 4 heteroatoms. The van der Waals surface area contributed by atoms with E-state index in [2.05, 4.69) is 11.8 Å². The molecule has 1 amide bonds. The van der Waals surface area contributed by atoms with Gasteiger partial charge in [0, 0.05) is 19.1 Å². The largest absolute Gasteiger partial charge is 0.392 e. The molecular formula is C13H24N2O2. The molecule has 0 aromatic rings. The number of likely N-dealkylation sites (tertiary alicyclic amines) is 2. The molecule has 2 fully saturated rings. The molecule has 17 heavy (non-hydrogen) atoms. The molecule has 2 aliphatic heterocycles. The normalized spacial score (nSPS) is 31.5. The summed E-state index contributed by atoms with van der Waals surface area (Å²) in [4.78, 5) is 16.3. The van der Waals surface area contributed by atoms with Gasteiger partial charge in [-0.25, -0.2) is 0 Å². The summed E-state index contributed by atoms with van der Waals surface area (Å²) in [5, 5.41) is 9.59.